The van der Waals surface area contributed by atoms with Gasteiger partial charge in [0, 0.05) is 41.5 Å². The van der Waals surface area contributed by atoms with Crippen molar-refractivity contribution in [1.29, 1.82) is 0 Å². The highest BCUT2D eigenvalue weighted by Gasteiger charge is 2.59. The molecule has 0 aromatic rings. The normalized spacial score (nSPS) is 40.5. The third-order valence-corrected chi connectivity index (χ3v) is 9.84. The molecule has 27 nitrogen and oxygen atoms in total. The molecule has 63 heavy (non-hydrogen) atoms. The van der Waals surface area contributed by atoms with Crippen LogP contribution in [0.3, 0.4) is 0 Å². The first-order valence-electron chi connectivity index (χ1n) is 19.4. The summed E-state index contributed by atoms with van der Waals surface area (Å²) >= 11 is 0. The Hall–Kier alpha value is -3.78. The summed E-state index contributed by atoms with van der Waals surface area (Å²) in [6.07, 6.45) is -37.3. The Morgan fingerprint density at radius 2 is 0.667 bits per heavy atom. The SMILES string of the molecule is CC(=O)OC[C@H]1O[C@@H](O[C@H]2O[C@H](COC(C)=O)[C@@H](O[C@H]3O[C@H](CO)[C@@H](O)[C@H](O)[C@H]3O)[C@H](OC(C)=O)[C@H]2OC(C)=O)[C@H](OC(C)=O)[C@@H](OC(C)=O)[C@@H]1O[C@H]1O[C@H](CO)[C@@H](O)[C@H](O)[C@H]1O. The van der Waals surface area contributed by atoms with Gasteiger partial charge in [-0.2, -0.15) is 0 Å². The molecule has 4 heterocycles. The molecule has 0 radical (unpaired) electrons. The van der Waals surface area contributed by atoms with E-state index in [9.17, 15) is 69.6 Å². The number of hydrogen-bond acceptors (Lipinski definition) is 27. The second kappa shape index (κ2) is 22.9. The van der Waals surface area contributed by atoms with Gasteiger partial charge >= 0.3 is 35.8 Å². The molecule has 0 bridgehead atoms. The van der Waals surface area contributed by atoms with Gasteiger partial charge in [-0.15, -0.1) is 0 Å². The highest BCUT2D eigenvalue weighted by molar-refractivity contribution is 5.68. The Labute approximate surface area is 357 Å². The highest BCUT2D eigenvalue weighted by Crippen LogP contribution is 2.38. The number of carbonyl (C=O) groups is 6. The molecule has 0 spiro atoms. The molecule has 4 saturated heterocycles. The van der Waals surface area contributed by atoms with Crippen molar-refractivity contribution >= 4 is 35.8 Å². The Balaban J connectivity index is 1.81. The minimum absolute atomic E-state index is 0.777. The molecule has 0 aromatic carbocycles. The van der Waals surface area contributed by atoms with E-state index in [0.29, 0.717) is 0 Å². The molecule has 4 rings (SSSR count). The average molecular weight is 919 g/mol. The third kappa shape index (κ3) is 13.2. The average Bonchev–Trinajstić information content (AvgIpc) is 3.19. The molecule has 0 amide bonds. The summed E-state index contributed by atoms with van der Waals surface area (Å²) in [4.78, 5) is 74.8. The number of rotatable bonds is 16. The Kier molecular flexibility index (Phi) is 18.9. The van der Waals surface area contributed by atoms with E-state index in [1.807, 2.05) is 0 Å². The zero-order valence-electron chi connectivity index (χ0n) is 34.7. The quantitative estimate of drug-likeness (QED) is 0.0527. The van der Waals surface area contributed by atoms with Gasteiger partial charge in [-0.1, -0.05) is 0 Å². The van der Waals surface area contributed by atoms with Crippen LogP contribution >= 0.6 is 0 Å². The molecular weight excluding hydrogens is 864 g/mol. The molecule has 0 saturated carbocycles. The van der Waals surface area contributed by atoms with Crippen molar-refractivity contribution in [2.45, 2.75) is 164 Å². The van der Waals surface area contributed by atoms with E-state index < -0.39 is 185 Å². The molecule has 0 unspecified atom stereocenters. The second-order valence-electron chi connectivity index (χ2n) is 14.7. The summed E-state index contributed by atoms with van der Waals surface area (Å²) in [7, 11) is 0. The van der Waals surface area contributed by atoms with E-state index >= 15 is 0 Å². The Morgan fingerprint density at radius 3 is 0.952 bits per heavy atom. The topological polar surface area (TPSA) is 384 Å². The van der Waals surface area contributed by atoms with E-state index in [4.69, 9.17) is 61.6 Å². The van der Waals surface area contributed by atoms with Gasteiger partial charge in [0.15, 0.2) is 37.0 Å². The lowest BCUT2D eigenvalue weighted by Gasteiger charge is -2.50. The lowest BCUT2D eigenvalue weighted by Crippen LogP contribution is -2.68. The molecule has 0 aliphatic carbocycles. The van der Waals surface area contributed by atoms with Crippen LogP contribution in [0.4, 0.5) is 0 Å². The van der Waals surface area contributed by atoms with Crippen molar-refractivity contribution in [3.8, 4) is 0 Å². The number of hydrogen-bond donors (Lipinski definition) is 8. The molecule has 360 valence electrons. The molecule has 4 fully saturated rings. The fraction of sp³-hybridized carbons (Fsp3) is 0.833. The Bertz CT molecular complexity index is 1460. The van der Waals surface area contributed by atoms with Crippen LogP contribution < -0.4 is 0 Å². The number of ether oxygens (including phenoxy) is 13. The van der Waals surface area contributed by atoms with Crippen LogP contribution in [0.25, 0.3) is 0 Å². The lowest BCUT2D eigenvalue weighted by atomic mass is 9.95. The van der Waals surface area contributed by atoms with Crippen molar-refractivity contribution in [3.63, 3.8) is 0 Å². The fourth-order valence-electron chi connectivity index (χ4n) is 7.06. The van der Waals surface area contributed by atoms with Crippen molar-refractivity contribution in [3.05, 3.63) is 0 Å². The maximum atomic E-state index is 12.7. The maximum absolute atomic E-state index is 12.7. The first kappa shape index (κ1) is 51.9. The maximum Gasteiger partial charge on any atom is 0.303 e. The van der Waals surface area contributed by atoms with Crippen LogP contribution in [-0.4, -0.2) is 226 Å². The smallest absolute Gasteiger partial charge is 0.303 e. The molecular formula is C36H54O27. The number of esters is 6. The van der Waals surface area contributed by atoms with Gasteiger partial charge in [-0.3, -0.25) is 28.8 Å². The first-order chi connectivity index (χ1) is 29.6. The molecule has 27 heteroatoms. The van der Waals surface area contributed by atoms with E-state index in [1.54, 1.807) is 0 Å². The standard InChI is InChI=1S/C36H54O27/c1-11(39)51-9-19-27(61-33-25(49)23(47)21(45)17(7-37)57-33)29(53-13(3)41)31(55-15(5)43)35(59-19)63-36-32(56-16(6)44)30(54-14(4)42)28(20(60-36)10-52-12(2)40)62-34-26(50)24(48)22(46)18(8-38)58-34/h17-38,45-50H,7-10H2,1-6H3/t17-,18-,19-,20-,21-,22-,23+,24+,25-,26-,27-,28-,29+,30+,31-,32-,33-,34-,35-,36+/m1/s1. The molecule has 8 N–H and O–H groups in total. The predicted octanol–water partition coefficient (Wildman–Crippen LogP) is -6.32. The van der Waals surface area contributed by atoms with Gasteiger partial charge in [-0.25, -0.2) is 0 Å². The van der Waals surface area contributed by atoms with Crippen molar-refractivity contribution in [2.75, 3.05) is 26.4 Å². The summed E-state index contributed by atoms with van der Waals surface area (Å²) in [6.45, 7) is 2.42. The summed E-state index contributed by atoms with van der Waals surface area (Å²) < 4.78 is 73.6. The van der Waals surface area contributed by atoms with E-state index in [1.165, 1.54) is 0 Å². The second-order valence-corrected chi connectivity index (χ2v) is 14.7. The monoisotopic (exact) mass is 918 g/mol. The third-order valence-electron chi connectivity index (χ3n) is 9.84. The Morgan fingerprint density at radius 1 is 0.365 bits per heavy atom. The van der Waals surface area contributed by atoms with Gasteiger partial charge in [0.2, 0.25) is 12.6 Å². The molecule has 20 atom stereocenters. The van der Waals surface area contributed by atoms with E-state index in [-0.39, 0.29) is 0 Å². The van der Waals surface area contributed by atoms with Gasteiger partial charge in [0.1, 0.15) is 86.5 Å². The predicted molar refractivity (Wildman–Crippen MR) is 191 cm³/mol. The van der Waals surface area contributed by atoms with Crippen LogP contribution in [0, 0.1) is 0 Å². The van der Waals surface area contributed by atoms with Crippen LogP contribution in [0.2, 0.25) is 0 Å². The summed E-state index contributed by atoms with van der Waals surface area (Å²) in [5.41, 5.74) is 0. The molecule has 0 aromatic heterocycles. The van der Waals surface area contributed by atoms with Crippen molar-refractivity contribution < 1.29 is 131 Å². The first-order valence-corrected chi connectivity index (χ1v) is 19.4. The number of aliphatic hydroxyl groups is 8. The molecule has 4 aliphatic heterocycles. The van der Waals surface area contributed by atoms with E-state index in [0.717, 1.165) is 41.5 Å². The van der Waals surface area contributed by atoms with Crippen LogP contribution in [-0.2, 0) is 90.3 Å². The molecule has 4 aliphatic rings. The fourth-order valence-corrected chi connectivity index (χ4v) is 7.06. The lowest BCUT2D eigenvalue weighted by molar-refractivity contribution is -0.401. The van der Waals surface area contributed by atoms with Gasteiger partial charge in [0.25, 0.3) is 0 Å². The van der Waals surface area contributed by atoms with Crippen molar-refractivity contribution in [1.82, 2.24) is 0 Å². The summed E-state index contributed by atoms with van der Waals surface area (Å²) in [5, 5.41) is 82.7. The van der Waals surface area contributed by atoms with Crippen LogP contribution in [0.5, 0.6) is 0 Å². The minimum atomic E-state index is -2.06. The van der Waals surface area contributed by atoms with Gasteiger partial charge < -0.3 is 102 Å². The van der Waals surface area contributed by atoms with E-state index in [2.05, 4.69) is 0 Å². The van der Waals surface area contributed by atoms with Crippen molar-refractivity contribution in [2.24, 2.45) is 0 Å². The highest BCUT2D eigenvalue weighted by atomic mass is 16.8. The minimum Gasteiger partial charge on any atom is -0.463 e. The van der Waals surface area contributed by atoms with Gasteiger partial charge in [0.05, 0.1) is 13.2 Å². The number of aliphatic hydroxyl groups excluding tert-OH is 8. The summed E-state index contributed by atoms with van der Waals surface area (Å²) in [6, 6.07) is 0. The van der Waals surface area contributed by atoms with Crippen LogP contribution in [0.1, 0.15) is 41.5 Å². The van der Waals surface area contributed by atoms with Crippen LogP contribution in [0.15, 0.2) is 0 Å². The zero-order chi connectivity index (χ0) is 47.0. The summed E-state index contributed by atoms with van der Waals surface area (Å²) in [5.74, 6) is -6.02. The zero-order valence-corrected chi connectivity index (χ0v) is 34.7. The largest absolute Gasteiger partial charge is 0.463 e. The number of carbonyl (C=O) groups excluding carboxylic acids is 6. The van der Waals surface area contributed by atoms with Gasteiger partial charge in [-0.05, 0) is 0 Å².